The van der Waals surface area contributed by atoms with Crippen LogP contribution in [0, 0.1) is 11.3 Å². The molecule has 0 unspecified atom stereocenters. The number of nitriles is 1. The maximum Gasteiger partial charge on any atom is 0.101 e. The fraction of sp³-hybridized carbons (Fsp3) is 0.448. The molecule has 0 aliphatic carbocycles. The van der Waals surface area contributed by atoms with E-state index in [9.17, 15) is 10.4 Å². The molecule has 192 valence electrons. The highest BCUT2D eigenvalue weighted by Gasteiger charge is 2.32. The second-order valence-corrected chi connectivity index (χ2v) is 10.5. The fourth-order valence-electron chi connectivity index (χ4n) is 6.20. The molecule has 0 radical (unpaired) electrons. The summed E-state index contributed by atoms with van der Waals surface area (Å²) in [4.78, 5) is 11.7. The predicted molar refractivity (Wildman–Crippen MR) is 145 cm³/mol. The van der Waals surface area contributed by atoms with Crippen LogP contribution in [-0.4, -0.2) is 79.1 Å². The quantitative estimate of drug-likeness (QED) is 0.555. The molecule has 2 saturated heterocycles. The van der Waals surface area contributed by atoms with Crippen LogP contribution in [0.15, 0.2) is 48.7 Å². The summed E-state index contributed by atoms with van der Waals surface area (Å²) in [6.07, 6.45) is 1.90. The molecule has 8 heteroatoms. The first-order valence-electron chi connectivity index (χ1n) is 13.2. The van der Waals surface area contributed by atoms with Gasteiger partial charge in [-0.15, -0.1) is 0 Å². The van der Waals surface area contributed by atoms with Crippen molar-refractivity contribution in [3.8, 4) is 6.07 Å². The first-order chi connectivity index (χ1) is 18.1. The zero-order chi connectivity index (χ0) is 25.4. The van der Waals surface area contributed by atoms with Gasteiger partial charge in [0.05, 0.1) is 35.9 Å². The van der Waals surface area contributed by atoms with Crippen molar-refractivity contribution in [2.24, 2.45) is 0 Å². The molecule has 0 amide bonds. The van der Waals surface area contributed by atoms with Crippen molar-refractivity contribution < 1.29 is 9.84 Å². The Morgan fingerprint density at radius 1 is 1.11 bits per heavy atom. The van der Waals surface area contributed by atoms with Crippen molar-refractivity contribution in [3.63, 3.8) is 0 Å². The summed E-state index contributed by atoms with van der Waals surface area (Å²) < 4.78 is 6.39. The maximum absolute atomic E-state index is 10.3. The van der Waals surface area contributed by atoms with E-state index in [2.05, 4.69) is 56.2 Å². The molecule has 1 aromatic heterocycles. The van der Waals surface area contributed by atoms with Gasteiger partial charge in [0.1, 0.15) is 6.07 Å². The molecule has 6 rings (SSSR count). The summed E-state index contributed by atoms with van der Waals surface area (Å²) in [7, 11) is 0. The van der Waals surface area contributed by atoms with E-state index in [1.165, 1.54) is 16.8 Å². The number of fused-ring (bicyclic) bond motifs is 2. The summed E-state index contributed by atoms with van der Waals surface area (Å²) in [6, 6.07) is 16.9. The Balaban J connectivity index is 1.15. The van der Waals surface area contributed by atoms with E-state index >= 15 is 0 Å². The highest BCUT2D eigenvalue weighted by molar-refractivity contribution is 5.95. The third kappa shape index (κ3) is 4.76. The van der Waals surface area contributed by atoms with Crippen LogP contribution in [0.3, 0.4) is 0 Å². The Labute approximate surface area is 218 Å². The number of ether oxygens (including phenoxy) is 1. The smallest absolute Gasteiger partial charge is 0.101 e. The standard InChI is InChI=1S/C29H34N6O2/c1-20-15-34(28-7-5-21(12-30)29-27(28)3-2-8-32-29)18-26(37-20)17-33-9-10-35(25(16-33)19-36)24-6-4-22-13-31-14-23(22)11-24/h2-8,11,20,25-26,31,36H,9-10,13-19H2,1H3/t20-,25-,26-/m1/s1. The summed E-state index contributed by atoms with van der Waals surface area (Å²) >= 11 is 0. The lowest BCUT2D eigenvalue weighted by Crippen LogP contribution is -2.58. The van der Waals surface area contributed by atoms with E-state index in [4.69, 9.17) is 4.74 Å². The molecule has 3 aliphatic heterocycles. The Hall–Kier alpha value is -3.22. The average molecular weight is 499 g/mol. The molecule has 2 aromatic carbocycles. The van der Waals surface area contributed by atoms with E-state index in [0.29, 0.717) is 5.56 Å². The second-order valence-electron chi connectivity index (χ2n) is 10.5. The van der Waals surface area contributed by atoms with E-state index < -0.39 is 0 Å². The van der Waals surface area contributed by atoms with Crippen LogP contribution in [0.2, 0.25) is 0 Å². The predicted octanol–water partition coefficient (Wildman–Crippen LogP) is 2.49. The van der Waals surface area contributed by atoms with Crippen LogP contribution in [-0.2, 0) is 17.8 Å². The number of rotatable bonds is 5. The van der Waals surface area contributed by atoms with E-state index in [-0.39, 0.29) is 24.9 Å². The summed E-state index contributed by atoms with van der Waals surface area (Å²) in [5.74, 6) is 0. The number of aromatic nitrogens is 1. The Morgan fingerprint density at radius 2 is 2.00 bits per heavy atom. The van der Waals surface area contributed by atoms with Crippen molar-refractivity contribution >= 4 is 22.3 Å². The van der Waals surface area contributed by atoms with Gasteiger partial charge in [0.2, 0.25) is 0 Å². The molecule has 4 heterocycles. The normalized spacial score (nSPS) is 24.3. The number of nitrogens with zero attached hydrogens (tertiary/aromatic N) is 5. The number of hydrogen-bond acceptors (Lipinski definition) is 8. The minimum Gasteiger partial charge on any atom is -0.394 e. The van der Waals surface area contributed by atoms with Gasteiger partial charge in [0, 0.05) is 75.3 Å². The number of benzene rings is 2. The summed E-state index contributed by atoms with van der Waals surface area (Å²) in [5, 5.41) is 24.2. The van der Waals surface area contributed by atoms with Gasteiger partial charge in [-0.1, -0.05) is 6.07 Å². The van der Waals surface area contributed by atoms with Gasteiger partial charge in [0.25, 0.3) is 0 Å². The number of pyridine rings is 1. The third-order valence-corrected chi connectivity index (χ3v) is 7.93. The maximum atomic E-state index is 10.3. The highest BCUT2D eigenvalue weighted by Crippen LogP contribution is 2.31. The molecule has 0 spiro atoms. The number of aliphatic hydroxyl groups is 1. The van der Waals surface area contributed by atoms with Gasteiger partial charge >= 0.3 is 0 Å². The molecule has 8 nitrogen and oxygen atoms in total. The molecule has 37 heavy (non-hydrogen) atoms. The number of aliphatic hydroxyl groups excluding tert-OH is 1. The minimum absolute atomic E-state index is 0.0584. The minimum atomic E-state index is 0.0584. The van der Waals surface area contributed by atoms with Gasteiger partial charge < -0.3 is 25.0 Å². The zero-order valence-electron chi connectivity index (χ0n) is 21.3. The lowest BCUT2D eigenvalue weighted by atomic mass is 10.0. The lowest BCUT2D eigenvalue weighted by Gasteiger charge is -2.45. The molecule has 0 bridgehead atoms. The van der Waals surface area contributed by atoms with Crippen molar-refractivity contribution in [1.29, 1.82) is 5.26 Å². The van der Waals surface area contributed by atoms with Crippen LogP contribution in [0.4, 0.5) is 11.4 Å². The first kappa shape index (κ1) is 24.1. The SMILES string of the molecule is C[C@@H]1CN(c2ccc(C#N)c3ncccc23)C[C@@H](CN2CCN(c3ccc4c(c3)CNC4)[C@@H](CO)C2)O1. The molecule has 3 aromatic rings. The highest BCUT2D eigenvalue weighted by atomic mass is 16.5. The topological polar surface area (TPSA) is 87.9 Å². The second kappa shape index (κ2) is 10.3. The van der Waals surface area contributed by atoms with Gasteiger partial charge in [-0.2, -0.15) is 5.26 Å². The molecular weight excluding hydrogens is 464 g/mol. The molecule has 3 atom stereocenters. The largest absolute Gasteiger partial charge is 0.394 e. The Kier molecular flexibility index (Phi) is 6.70. The van der Waals surface area contributed by atoms with Crippen LogP contribution < -0.4 is 15.1 Å². The van der Waals surface area contributed by atoms with E-state index in [1.54, 1.807) is 6.20 Å². The van der Waals surface area contributed by atoms with Crippen molar-refractivity contribution in [2.75, 3.05) is 55.7 Å². The van der Waals surface area contributed by atoms with E-state index in [0.717, 1.165) is 68.9 Å². The van der Waals surface area contributed by atoms with Crippen LogP contribution >= 0.6 is 0 Å². The molecule has 0 saturated carbocycles. The molecule has 2 N–H and O–H groups in total. The van der Waals surface area contributed by atoms with Crippen molar-refractivity contribution in [2.45, 2.75) is 38.3 Å². The van der Waals surface area contributed by atoms with Crippen molar-refractivity contribution in [3.05, 3.63) is 65.4 Å². The molecule has 2 fully saturated rings. The molecular formula is C29H34N6O2. The third-order valence-electron chi connectivity index (χ3n) is 7.93. The van der Waals surface area contributed by atoms with Crippen molar-refractivity contribution in [1.82, 2.24) is 15.2 Å². The van der Waals surface area contributed by atoms with Gasteiger partial charge in [-0.3, -0.25) is 9.88 Å². The number of hydrogen-bond donors (Lipinski definition) is 2. The zero-order valence-corrected chi connectivity index (χ0v) is 21.3. The number of morpholine rings is 1. The number of anilines is 2. The van der Waals surface area contributed by atoms with Crippen LogP contribution in [0.1, 0.15) is 23.6 Å². The van der Waals surface area contributed by atoms with E-state index in [1.807, 2.05) is 24.3 Å². The Bertz CT molecular complexity index is 1320. The van der Waals surface area contributed by atoms with Crippen LogP contribution in [0.5, 0.6) is 0 Å². The number of piperazine rings is 1. The summed E-state index contributed by atoms with van der Waals surface area (Å²) in [5.41, 5.74) is 6.41. The lowest BCUT2D eigenvalue weighted by molar-refractivity contribution is -0.0351. The fourth-order valence-corrected chi connectivity index (χ4v) is 6.20. The first-order valence-corrected chi connectivity index (χ1v) is 13.2. The molecule has 3 aliphatic rings. The number of nitrogens with one attached hydrogen (secondary N) is 1. The van der Waals surface area contributed by atoms with Gasteiger partial charge in [-0.25, -0.2) is 0 Å². The average Bonchev–Trinajstić information content (AvgIpc) is 3.40. The van der Waals surface area contributed by atoms with Gasteiger partial charge in [-0.05, 0) is 54.4 Å². The van der Waals surface area contributed by atoms with Crippen LogP contribution in [0.25, 0.3) is 10.9 Å². The summed E-state index contributed by atoms with van der Waals surface area (Å²) in [6.45, 7) is 9.15. The Morgan fingerprint density at radius 3 is 2.86 bits per heavy atom. The van der Waals surface area contributed by atoms with Gasteiger partial charge in [0.15, 0.2) is 0 Å². The monoisotopic (exact) mass is 498 g/mol.